The Bertz CT molecular complexity index is 1170. The summed E-state index contributed by atoms with van der Waals surface area (Å²) in [4.78, 5) is 15.3. The molecular formula is C24H32N8O. The number of H-pyrrole nitrogens is 1. The van der Waals surface area contributed by atoms with Crippen molar-refractivity contribution < 1.29 is 4.74 Å². The SMILES string of the molecule is Cn1cc(C2(N)C=Cc3[nH]c4ncnc(N[C@H]5CC[C@H](N6CCOCC6)CC5)c4c3C2)cn1. The van der Waals surface area contributed by atoms with Crippen LogP contribution >= 0.6 is 0 Å². The van der Waals surface area contributed by atoms with E-state index in [0.717, 1.165) is 67.3 Å². The monoisotopic (exact) mass is 448 g/mol. The summed E-state index contributed by atoms with van der Waals surface area (Å²) in [7, 11) is 1.92. The van der Waals surface area contributed by atoms with Crippen molar-refractivity contribution in [3.05, 3.63) is 41.6 Å². The number of nitrogens with one attached hydrogen (secondary N) is 2. The summed E-state index contributed by atoms with van der Waals surface area (Å²) in [5.41, 5.74) is 10.4. The van der Waals surface area contributed by atoms with Crippen LogP contribution in [0.1, 0.15) is 42.5 Å². The van der Waals surface area contributed by atoms with Gasteiger partial charge in [0.15, 0.2) is 0 Å². The minimum absolute atomic E-state index is 0.422. The number of hydrogen-bond donors (Lipinski definition) is 3. The highest BCUT2D eigenvalue weighted by Gasteiger charge is 2.33. The standard InChI is InChI=1S/C24H32N8O/c1-31-14-16(13-28-31)24(25)7-6-20-19(12-24)21-22(26-15-27-23(21)30-20)29-17-2-4-18(5-3-17)32-8-10-33-11-9-32/h6-7,13-15,17-18H,2-5,8-12,25H2,1H3,(H2,26,27,29,30)/t17-,18-,24?. The Balaban J connectivity index is 1.23. The van der Waals surface area contributed by atoms with Crippen LogP contribution in [0.4, 0.5) is 5.82 Å². The highest BCUT2D eigenvalue weighted by Crippen LogP contribution is 2.38. The number of aryl methyl sites for hydroxylation is 1. The number of anilines is 1. The van der Waals surface area contributed by atoms with Crippen LogP contribution in [0.3, 0.4) is 0 Å². The van der Waals surface area contributed by atoms with E-state index in [0.29, 0.717) is 18.5 Å². The van der Waals surface area contributed by atoms with Crippen molar-refractivity contribution in [2.75, 3.05) is 31.6 Å². The van der Waals surface area contributed by atoms with Crippen LogP contribution in [-0.2, 0) is 23.7 Å². The molecule has 1 atom stereocenters. The third kappa shape index (κ3) is 3.84. The first-order chi connectivity index (χ1) is 16.1. The molecule has 9 heteroatoms. The van der Waals surface area contributed by atoms with E-state index in [1.807, 2.05) is 19.4 Å². The third-order valence-electron chi connectivity index (χ3n) is 7.59. The molecule has 0 amide bonds. The van der Waals surface area contributed by atoms with E-state index in [-0.39, 0.29) is 0 Å². The number of nitrogens with two attached hydrogens (primary N) is 1. The van der Waals surface area contributed by atoms with Crippen molar-refractivity contribution in [3.8, 4) is 0 Å². The fourth-order valence-corrected chi connectivity index (χ4v) is 5.70. The molecule has 6 rings (SSSR count). The summed E-state index contributed by atoms with van der Waals surface area (Å²) in [5, 5.41) is 9.15. The van der Waals surface area contributed by atoms with Gasteiger partial charge < -0.3 is 20.8 Å². The molecule has 2 fully saturated rings. The van der Waals surface area contributed by atoms with Crippen molar-refractivity contribution in [1.82, 2.24) is 29.6 Å². The number of nitrogens with zero attached hydrogens (tertiary/aromatic N) is 5. The van der Waals surface area contributed by atoms with Crippen LogP contribution in [0.15, 0.2) is 24.8 Å². The maximum atomic E-state index is 6.85. The van der Waals surface area contributed by atoms with E-state index in [4.69, 9.17) is 10.5 Å². The van der Waals surface area contributed by atoms with Gasteiger partial charge in [-0.2, -0.15) is 5.10 Å². The van der Waals surface area contributed by atoms with E-state index in [1.165, 1.54) is 18.4 Å². The topological polar surface area (TPSA) is 110 Å². The predicted molar refractivity (Wildman–Crippen MR) is 128 cm³/mol. The molecule has 1 saturated heterocycles. The highest BCUT2D eigenvalue weighted by atomic mass is 16.5. The molecule has 174 valence electrons. The first kappa shape index (κ1) is 20.8. The molecule has 2 aliphatic carbocycles. The Morgan fingerprint density at radius 1 is 1.18 bits per heavy atom. The minimum Gasteiger partial charge on any atom is -0.379 e. The molecule has 3 aliphatic rings. The smallest absolute Gasteiger partial charge is 0.143 e. The molecule has 0 bridgehead atoms. The largest absolute Gasteiger partial charge is 0.379 e. The molecule has 9 nitrogen and oxygen atoms in total. The lowest BCUT2D eigenvalue weighted by Crippen LogP contribution is -2.46. The van der Waals surface area contributed by atoms with Gasteiger partial charge in [0.05, 0.1) is 30.3 Å². The lowest BCUT2D eigenvalue weighted by atomic mass is 9.82. The number of rotatable bonds is 4. The number of aromatic nitrogens is 5. The van der Waals surface area contributed by atoms with Crippen LogP contribution in [0.25, 0.3) is 17.1 Å². The summed E-state index contributed by atoms with van der Waals surface area (Å²) in [6.07, 6.45) is 15.0. The Morgan fingerprint density at radius 2 is 2.00 bits per heavy atom. The molecule has 4 N–H and O–H groups in total. The molecule has 33 heavy (non-hydrogen) atoms. The van der Waals surface area contributed by atoms with Crippen LogP contribution in [-0.4, -0.2) is 68.0 Å². The Hall–Kier alpha value is -2.75. The molecule has 3 aromatic heterocycles. The second kappa shape index (κ2) is 8.23. The minimum atomic E-state index is -0.598. The van der Waals surface area contributed by atoms with Gasteiger partial charge in [-0.05, 0) is 37.3 Å². The van der Waals surface area contributed by atoms with Crippen LogP contribution in [0.2, 0.25) is 0 Å². The molecule has 0 aromatic carbocycles. The summed E-state index contributed by atoms with van der Waals surface area (Å²) < 4.78 is 7.32. The first-order valence-corrected chi connectivity index (χ1v) is 12.0. The number of fused-ring (bicyclic) bond motifs is 3. The summed E-state index contributed by atoms with van der Waals surface area (Å²) in [5.74, 6) is 0.913. The van der Waals surface area contributed by atoms with Gasteiger partial charge in [-0.3, -0.25) is 9.58 Å². The van der Waals surface area contributed by atoms with Gasteiger partial charge in [-0.25, -0.2) is 9.97 Å². The van der Waals surface area contributed by atoms with Crippen molar-refractivity contribution in [2.24, 2.45) is 12.8 Å². The fourth-order valence-electron chi connectivity index (χ4n) is 5.70. The van der Waals surface area contributed by atoms with Crippen molar-refractivity contribution in [3.63, 3.8) is 0 Å². The van der Waals surface area contributed by atoms with Gasteiger partial charge in [0, 0.05) is 56.1 Å². The molecule has 1 aliphatic heterocycles. The van der Waals surface area contributed by atoms with Gasteiger partial charge in [-0.1, -0.05) is 6.08 Å². The van der Waals surface area contributed by atoms with Crippen LogP contribution in [0, 0.1) is 0 Å². The molecule has 4 heterocycles. The summed E-state index contributed by atoms with van der Waals surface area (Å²) >= 11 is 0. The van der Waals surface area contributed by atoms with Crippen molar-refractivity contribution >= 4 is 22.9 Å². The maximum Gasteiger partial charge on any atom is 0.143 e. The predicted octanol–water partition coefficient (Wildman–Crippen LogP) is 2.17. The fraction of sp³-hybridized carbons (Fsp3) is 0.542. The van der Waals surface area contributed by atoms with Crippen molar-refractivity contribution in [2.45, 2.75) is 49.7 Å². The summed E-state index contributed by atoms with van der Waals surface area (Å²) in [6, 6.07) is 1.10. The lowest BCUT2D eigenvalue weighted by Gasteiger charge is -2.39. The van der Waals surface area contributed by atoms with Crippen molar-refractivity contribution in [1.29, 1.82) is 0 Å². The lowest BCUT2D eigenvalue weighted by molar-refractivity contribution is 0.00791. The van der Waals surface area contributed by atoms with Crippen LogP contribution in [0.5, 0.6) is 0 Å². The van der Waals surface area contributed by atoms with Gasteiger partial charge in [-0.15, -0.1) is 0 Å². The van der Waals surface area contributed by atoms with Gasteiger partial charge in [0.25, 0.3) is 0 Å². The zero-order valence-corrected chi connectivity index (χ0v) is 19.1. The van der Waals surface area contributed by atoms with Gasteiger partial charge in [0.2, 0.25) is 0 Å². The normalized spacial score (nSPS) is 28.2. The van der Waals surface area contributed by atoms with Gasteiger partial charge in [0.1, 0.15) is 17.8 Å². The molecule has 1 saturated carbocycles. The number of aromatic amines is 1. The van der Waals surface area contributed by atoms with E-state index in [2.05, 4.69) is 42.4 Å². The first-order valence-electron chi connectivity index (χ1n) is 12.0. The van der Waals surface area contributed by atoms with E-state index in [1.54, 1.807) is 11.0 Å². The Morgan fingerprint density at radius 3 is 2.76 bits per heavy atom. The van der Waals surface area contributed by atoms with E-state index >= 15 is 0 Å². The van der Waals surface area contributed by atoms with E-state index in [9.17, 15) is 0 Å². The van der Waals surface area contributed by atoms with Gasteiger partial charge >= 0.3 is 0 Å². The molecule has 1 unspecified atom stereocenters. The molecular weight excluding hydrogens is 416 g/mol. The van der Waals surface area contributed by atoms with Crippen LogP contribution < -0.4 is 11.1 Å². The average Bonchev–Trinajstić information content (AvgIpc) is 3.44. The maximum absolute atomic E-state index is 6.85. The Labute approximate surface area is 193 Å². The highest BCUT2D eigenvalue weighted by molar-refractivity contribution is 5.94. The second-order valence-electron chi connectivity index (χ2n) is 9.71. The zero-order valence-electron chi connectivity index (χ0n) is 19.1. The average molecular weight is 449 g/mol. The molecule has 3 aromatic rings. The molecule has 0 spiro atoms. The second-order valence-corrected chi connectivity index (χ2v) is 9.71. The number of ether oxygens (including phenoxy) is 1. The quantitative estimate of drug-likeness (QED) is 0.561. The number of hydrogen-bond acceptors (Lipinski definition) is 7. The summed E-state index contributed by atoms with van der Waals surface area (Å²) in [6.45, 7) is 3.86. The zero-order chi connectivity index (χ0) is 22.4. The Kier molecular flexibility index (Phi) is 5.20. The van der Waals surface area contributed by atoms with E-state index < -0.39 is 5.54 Å². The molecule has 0 radical (unpaired) electrons. The third-order valence-corrected chi connectivity index (χ3v) is 7.59. The number of morpholine rings is 1.